The van der Waals surface area contributed by atoms with Crippen molar-refractivity contribution in [3.05, 3.63) is 28.2 Å². The average Bonchev–Trinajstić information content (AvgIpc) is 2.07. The lowest BCUT2D eigenvalue weighted by atomic mass is 10.2. The monoisotopic (exact) mass is 281 g/mol. The van der Waals surface area contributed by atoms with E-state index in [-0.39, 0.29) is 16.3 Å². The van der Waals surface area contributed by atoms with E-state index in [0.29, 0.717) is 4.47 Å². The van der Waals surface area contributed by atoms with Gasteiger partial charge in [0.25, 0.3) is 0 Å². The standard InChI is InChI=1S/C8H6BrF2NOS/c9-4-1-2-6(13-8(10)11)5(3-4)7(12)14/h1-3,8H,(H2,12,14). The lowest BCUT2D eigenvalue weighted by molar-refractivity contribution is -0.0499. The second-order valence-corrected chi connectivity index (χ2v) is 3.74. The molecule has 0 aromatic heterocycles. The Hall–Kier alpha value is -0.750. The number of hydrogen-bond donors (Lipinski definition) is 1. The molecule has 0 aliphatic rings. The molecule has 1 aromatic rings. The van der Waals surface area contributed by atoms with Crippen LogP contribution in [0.25, 0.3) is 0 Å². The van der Waals surface area contributed by atoms with Gasteiger partial charge in [-0.05, 0) is 18.2 Å². The van der Waals surface area contributed by atoms with Crippen molar-refractivity contribution in [1.82, 2.24) is 0 Å². The number of rotatable bonds is 3. The van der Waals surface area contributed by atoms with Gasteiger partial charge in [-0.25, -0.2) is 0 Å². The van der Waals surface area contributed by atoms with E-state index in [0.717, 1.165) is 0 Å². The molecule has 0 unspecified atom stereocenters. The zero-order valence-electron chi connectivity index (χ0n) is 6.84. The zero-order chi connectivity index (χ0) is 10.7. The summed E-state index contributed by atoms with van der Waals surface area (Å²) < 4.78 is 28.8. The number of nitrogens with two attached hydrogens (primary N) is 1. The van der Waals surface area contributed by atoms with E-state index in [1.807, 2.05) is 0 Å². The first-order chi connectivity index (χ1) is 6.50. The molecule has 0 saturated carbocycles. The summed E-state index contributed by atoms with van der Waals surface area (Å²) in [7, 11) is 0. The maximum Gasteiger partial charge on any atom is 0.387 e. The fourth-order valence-corrected chi connectivity index (χ4v) is 1.41. The highest BCUT2D eigenvalue weighted by Gasteiger charge is 2.11. The van der Waals surface area contributed by atoms with Gasteiger partial charge in [0.2, 0.25) is 0 Å². The Morgan fingerprint density at radius 2 is 2.14 bits per heavy atom. The van der Waals surface area contributed by atoms with Crippen LogP contribution in [0.15, 0.2) is 22.7 Å². The molecule has 0 aliphatic heterocycles. The molecular weight excluding hydrogens is 276 g/mol. The second kappa shape index (κ2) is 4.65. The minimum Gasteiger partial charge on any atom is -0.434 e. The number of thiocarbonyl (C=S) groups is 1. The molecule has 14 heavy (non-hydrogen) atoms. The quantitative estimate of drug-likeness (QED) is 0.866. The van der Waals surface area contributed by atoms with Crippen LogP contribution in [0.2, 0.25) is 0 Å². The van der Waals surface area contributed by atoms with Gasteiger partial charge in [0, 0.05) is 4.47 Å². The molecule has 0 heterocycles. The normalized spacial score (nSPS) is 10.3. The predicted octanol–water partition coefficient (Wildman–Crippen LogP) is 2.68. The molecule has 1 rings (SSSR count). The fraction of sp³-hybridized carbons (Fsp3) is 0.125. The number of alkyl halides is 2. The van der Waals surface area contributed by atoms with Crippen LogP contribution in [0, 0.1) is 0 Å². The van der Waals surface area contributed by atoms with Crippen molar-refractivity contribution < 1.29 is 13.5 Å². The van der Waals surface area contributed by atoms with Gasteiger partial charge in [-0.3, -0.25) is 0 Å². The maximum atomic E-state index is 11.9. The van der Waals surface area contributed by atoms with Gasteiger partial charge in [-0.2, -0.15) is 8.78 Å². The van der Waals surface area contributed by atoms with Crippen LogP contribution in [-0.2, 0) is 0 Å². The smallest absolute Gasteiger partial charge is 0.387 e. The molecule has 6 heteroatoms. The van der Waals surface area contributed by atoms with Gasteiger partial charge in [0.1, 0.15) is 10.7 Å². The van der Waals surface area contributed by atoms with E-state index in [1.54, 1.807) is 6.07 Å². The summed E-state index contributed by atoms with van der Waals surface area (Å²) in [5, 5.41) is 0. The third-order valence-electron chi connectivity index (χ3n) is 1.42. The predicted molar refractivity (Wildman–Crippen MR) is 56.7 cm³/mol. The van der Waals surface area contributed by atoms with Crippen molar-refractivity contribution in [2.24, 2.45) is 5.73 Å². The van der Waals surface area contributed by atoms with E-state index >= 15 is 0 Å². The van der Waals surface area contributed by atoms with E-state index < -0.39 is 6.61 Å². The van der Waals surface area contributed by atoms with Crippen molar-refractivity contribution in [3.8, 4) is 5.75 Å². The number of benzene rings is 1. The Balaban J connectivity index is 3.08. The first kappa shape index (κ1) is 11.3. The highest BCUT2D eigenvalue weighted by Crippen LogP contribution is 2.24. The highest BCUT2D eigenvalue weighted by atomic mass is 79.9. The van der Waals surface area contributed by atoms with Gasteiger partial charge in [0.05, 0.1) is 5.56 Å². The van der Waals surface area contributed by atoms with E-state index in [1.165, 1.54) is 12.1 Å². The first-order valence-corrected chi connectivity index (χ1v) is 4.75. The van der Waals surface area contributed by atoms with Crippen LogP contribution in [-0.4, -0.2) is 11.6 Å². The summed E-state index contributed by atoms with van der Waals surface area (Å²) in [6.45, 7) is -2.88. The van der Waals surface area contributed by atoms with Crippen LogP contribution in [0.4, 0.5) is 8.78 Å². The van der Waals surface area contributed by atoms with Crippen LogP contribution in [0.3, 0.4) is 0 Å². The molecule has 2 N–H and O–H groups in total. The Kier molecular flexibility index (Phi) is 3.77. The van der Waals surface area contributed by atoms with Crippen molar-refractivity contribution in [1.29, 1.82) is 0 Å². The van der Waals surface area contributed by atoms with Crippen LogP contribution in [0.1, 0.15) is 5.56 Å². The van der Waals surface area contributed by atoms with Gasteiger partial charge in [-0.15, -0.1) is 0 Å². The lowest BCUT2D eigenvalue weighted by Crippen LogP contribution is -2.13. The Morgan fingerprint density at radius 1 is 1.50 bits per heavy atom. The molecule has 0 aliphatic carbocycles. The Bertz CT molecular complexity index is 359. The molecule has 76 valence electrons. The number of hydrogen-bond acceptors (Lipinski definition) is 2. The molecule has 0 atom stereocenters. The number of halogens is 3. The molecule has 0 bridgehead atoms. The SMILES string of the molecule is NC(=S)c1cc(Br)ccc1OC(F)F. The van der Waals surface area contributed by atoms with Crippen LogP contribution < -0.4 is 10.5 Å². The fourth-order valence-electron chi connectivity index (χ4n) is 0.894. The van der Waals surface area contributed by atoms with Crippen molar-refractivity contribution in [2.45, 2.75) is 6.61 Å². The minimum atomic E-state index is -2.88. The summed E-state index contributed by atoms with van der Waals surface area (Å²) in [4.78, 5) is 0.0157. The molecule has 0 amide bonds. The molecule has 0 saturated heterocycles. The van der Waals surface area contributed by atoms with Gasteiger partial charge >= 0.3 is 6.61 Å². The number of ether oxygens (including phenoxy) is 1. The molecule has 0 radical (unpaired) electrons. The molecule has 2 nitrogen and oxygen atoms in total. The molecule has 1 aromatic carbocycles. The Morgan fingerprint density at radius 3 is 2.64 bits per heavy atom. The van der Waals surface area contributed by atoms with Crippen LogP contribution in [0.5, 0.6) is 5.75 Å². The summed E-state index contributed by atoms with van der Waals surface area (Å²) in [5.41, 5.74) is 5.63. The molecule has 0 fully saturated rings. The third kappa shape index (κ3) is 2.88. The van der Waals surface area contributed by atoms with Gasteiger partial charge in [-0.1, -0.05) is 28.1 Å². The summed E-state index contributed by atoms with van der Waals surface area (Å²) in [5.74, 6) is -0.0179. The van der Waals surface area contributed by atoms with Gasteiger partial charge in [0.15, 0.2) is 0 Å². The Labute approximate surface area is 93.2 Å². The van der Waals surface area contributed by atoms with E-state index in [2.05, 4.69) is 20.7 Å². The van der Waals surface area contributed by atoms with Crippen LogP contribution >= 0.6 is 28.1 Å². The lowest BCUT2D eigenvalue weighted by Gasteiger charge is -2.09. The van der Waals surface area contributed by atoms with E-state index in [4.69, 9.17) is 18.0 Å². The highest BCUT2D eigenvalue weighted by molar-refractivity contribution is 9.10. The first-order valence-electron chi connectivity index (χ1n) is 3.55. The van der Waals surface area contributed by atoms with E-state index in [9.17, 15) is 8.78 Å². The largest absolute Gasteiger partial charge is 0.434 e. The minimum absolute atomic E-state index is 0.0157. The van der Waals surface area contributed by atoms with Crippen molar-refractivity contribution in [3.63, 3.8) is 0 Å². The third-order valence-corrected chi connectivity index (χ3v) is 2.14. The van der Waals surface area contributed by atoms with Gasteiger partial charge < -0.3 is 10.5 Å². The topological polar surface area (TPSA) is 35.2 Å². The summed E-state index contributed by atoms with van der Waals surface area (Å²) in [6, 6.07) is 4.48. The molecule has 0 spiro atoms. The average molecular weight is 282 g/mol. The van der Waals surface area contributed by atoms with Crippen molar-refractivity contribution >= 4 is 33.1 Å². The summed E-state index contributed by atoms with van der Waals surface area (Å²) in [6.07, 6.45) is 0. The van der Waals surface area contributed by atoms with Crippen molar-refractivity contribution in [2.75, 3.05) is 0 Å². The molecular formula is C8H6BrF2NOS. The summed E-state index contributed by atoms with van der Waals surface area (Å²) >= 11 is 7.87. The maximum absolute atomic E-state index is 11.9. The second-order valence-electron chi connectivity index (χ2n) is 2.38. The zero-order valence-corrected chi connectivity index (χ0v) is 9.24.